The number of halogens is 1. The molecule has 4 aromatic rings. The minimum absolute atomic E-state index is 0.0429. The lowest BCUT2D eigenvalue weighted by Gasteiger charge is -2.14. The predicted molar refractivity (Wildman–Crippen MR) is 114 cm³/mol. The summed E-state index contributed by atoms with van der Waals surface area (Å²) in [6, 6.07) is 15.5. The highest BCUT2D eigenvalue weighted by Crippen LogP contribution is 2.12. The number of hydrogen-bond acceptors (Lipinski definition) is 4. The molecular weight excluding hydrogens is 397 g/mol. The molecule has 0 spiro atoms. The second-order valence-corrected chi connectivity index (χ2v) is 7.32. The zero-order valence-corrected chi connectivity index (χ0v) is 17.0. The molecule has 0 aliphatic heterocycles. The number of aryl methyl sites for hydroxylation is 1. The maximum atomic E-state index is 13.5. The Morgan fingerprint density at radius 1 is 1.10 bits per heavy atom. The molecule has 0 saturated carbocycles. The number of amides is 1. The van der Waals surface area contributed by atoms with Gasteiger partial charge >= 0.3 is 5.56 Å². The lowest BCUT2D eigenvalue weighted by atomic mass is 10.1. The molecule has 1 atom stereocenters. The fourth-order valence-corrected chi connectivity index (χ4v) is 3.48. The molecule has 0 aliphatic rings. The summed E-state index contributed by atoms with van der Waals surface area (Å²) in [5.74, 6) is 0.132. The van der Waals surface area contributed by atoms with Crippen molar-refractivity contribution in [2.45, 2.75) is 32.2 Å². The average molecular weight is 419 g/mol. The molecule has 31 heavy (non-hydrogen) atoms. The molecule has 0 fully saturated rings. The van der Waals surface area contributed by atoms with Crippen molar-refractivity contribution in [2.24, 2.45) is 0 Å². The summed E-state index contributed by atoms with van der Waals surface area (Å²) in [5.41, 5.74) is 1.24. The first-order valence-corrected chi connectivity index (χ1v) is 10.1. The molecular formula is C23H22FN5O2. The maximum Gasteiger partial charge on any atom is 0.300 e. The van der Waals surface area contributed by atoms with E-state index in [0.717, 1.165) is 5.56 Å². The lowest BCUT2D eigenvalue weighted by molar-refractivity contribution is -0.121. The van der Waals surface area contributed by atoms with Gasteiger partial charge in [-0.25, -0.2) is 4.39 Å². The van der Waals surface area contributed by atoms with E-state index in [-0.39, 0.29) is 23.2 Å². The SMILES string of the molecule is C[C@@H](NC(=O)CCCc1nnc2c(=O)n(-c3cccc(F)c3)ccn12)c1ccccc1. The monoisotopic (exact) mass is 419 g/mol. The quantitative estimate of drug-likeness (QED) is 0.499. The fourth-order valence-electron chi connectivity index (χ4n) is 3.48. The Balaban J connectivity index is 1.41. The van der Waals surface area contributed by atoms with Crippen LogP contribution in [-0.2, 0) is 11.2 Å². The molecule has 0 saturated heterocycles. The molecule has 0 aliphatic carbocycles. The first kappa shape index (κ1) is 20.5. The second kappa shape index (κ2) is 8.91. The highest BCUT2D eigenvalue weighted by molar-refractivity contribution is 5.76. The fraction of sp³-hybridized carbons (Fsp3) is 0.217. The first-order chi connectivity index (χ1) is 15.0. The minimum Gasteiger partial charge on any atom is -0.350 e. The van der Waals surface area contributed by atoms with Gasteiger partial charge in [-0.3, -0.25) is 18.6 Å². The van der Waals surface area contributed by atoms with Crippen LogP contribution in [0.2, 0.25) is 0 Å². The van der Waals surface area contributed by atoms with Gasteiger partial charge in [-0.2, -0.15) is 0 Å². The van der Waals surface area contributed by atoms with Crippen LogP contribution >= 0.6 is 0 Å². The van der Waals surface area contributed by atoms with E-state index in [2.05, 4.69) is 15.5 Å². The number of hydrogen-bond donors (Lipinski definition) is 1. The summed E-state index contributed by atoms with van der Waals surface area (Å²) in [6.45, 7) is 1.95. The summed E-state index contributed by atoms with van der Waals surface area (Å²) >= 11 is 0. The van der Waals surface area contributed by atoms with E-state index in [1.165, 1.54) is 16.7 Å². The highest BCUT2D eigenvalue weighted by atomic mass is 19.1. The first-order valence-electron chi connectivity index (χ1n) is 10.1. The number of benzene rings is 2. The molecule has 8 heteroatoms. The Kier molecular flexibility index (Phi) is 5.88. The van der Waals surface area contributed by atoms with Gasteiger partial charge in [0.2, 0.25) is 11.6 Å². The number of fused-ring (bicyclic) bond motifs is 1. The Labute approximate surface area is 178 Å². The molecule has 2 aromatic heterocycles. The molecule has 4 rings (SSSR count). The maximum absolute atomic E-state index is 13.5. The lowest BCUT2D eigenvalue weighted by Crippen LogP contribution is -2.26. The molecule has 1 N–H and O–H groups in total. The standard InChI is InChI=1S/C23H22FN5O2/c1-16(17-7-3-2-4-8-17)25-21(30)12-6-11-20-26-27-22-23(31)28(13-14-29(20)22)19-10-5-9-18(24)15-19/h2-5,7-10,13-16H,6,11-12H2,1H3,(H,25,30)/t16-/m1/s1. The van der Waals surface area contributed by atoms with Gasteiger partial charge in [-0.1, -0.05) is 36.4 Å². The van der Waals surface area contributed by atoms with Crippen LogP contribution in [0.1, 0.15) is 37.2 Å². The van der Waals surface area contributed by atoms with Gasteiger partial charge in [0.05, 0.1) is 11.7 Å². The number of nitrogens with zero attached hydrogens (tertiary/aromatic N) is 4. The van der Waals surface area contributed by atoms with E-state index >= 15 is 0 Å². The summed E-state index contributed by atoms with van der Waals surface area (Å²) in [6.07, 6.45) is 4.64. The number of carbonyl (C=O) groups excluding carboxylic acids is 1. The Morgan fingerprint density at radius 2 is 1.90 bits per heavy atom. The molecule has 0 radical (unpaired) electrons. The van der Waals surface area contributed by atoms with E-state index in [1.54, 1.807) is 28.9 Å². The van der Waals surface area contributed by atoms with Crippen LogP contribution in [0.15, 0.2) is 71.8 Å². The Bertz CT molecular complexity index is 1270. The number of rotatable bonds is 7. The van der Waals surface area contributed by atoms with Crippen LogP contribution in [0.5, 0.6) is 0 Å². The minimum atomic E-state index is -0.425. The van der Waals surface area contributed by atoms with Crippen LogP contribution in [0.25, 0.3) is 11.3 Å². The van der Waals surface area contributed by atoms with E-state index in [9.17, 15) is 14.0 Å². The smallest absolute Gasteiger partial charge is 0.300 e. The van der Waals surface area contributed by atoms with Crippen molar-refractivity contribution in [1.29, 1.82) is 0 Å². The van der Waals surface area contributed by atoms with Crippen LogP contribution in [0.3, 0.4) is 0 Å². The average Bonchev–Trinajstić information content (AvgIpc) is 3.18. The zero-order chi connectivity index (χ0) is 21.8. The van der Waals surface area contributed by atoms with E-state index in [0.29, 0.717) is 30.8 Å². The molecule has 1 amide bonds. The van der Waals surface area contributed by atoms with Gasteiger partial charge in [0.1, 0.15) is 11.6 Å². The summed E-state index contributed by atoms with van der Waals surface area (Å²) < 4.78 is 16.4. The van der Waals surface area contributed by atoms with Crippen LogP contribution in [0.4, 0.5) is 4.39 Å². The summed E-state index contributed by atoms with van der Waals surface area (Å²) in [5, 5.41) is 11.1. The van der Waals surface area contributed by atoms with Crippen molar-refractivity contribution in [3.05, 3.63) is 94.5 Å². The third-order valence-corrected chi connectivity index (χ3v) is 5.11. The van der Waals surface area contributed by atoms with Gasteiger partial charge in [-0.15, -0.1) is 10.2 Å². The molecule has 2 aromatic carbocycles. The largest absolute Gasteiger partial charge is 0.350 e. The van der Waals surface area contributed by atoms with Crippen LogP contribution in [-0.4, -0.2) is 25.1 Å². The normalized spacial score (nSPS) is 12.1. The number of carbonyl (C=O) groups is 1. The predicted octanol–water partition coefficient (Wildman–Crippen LogP) is 3.22. The van der Waals surface area contributed by atoms with Gasteiger partial charge in [0.25, 0.3) is 0 Å². The summed E-state index contributed by atoms with van der Waals surface area (Å²) in [4.78, 5) is 25.0. The van der Waals surface area contributed by atoms with Crippen molar-refractivity contribution in [3.63, 3.8) is 0 Å². The molecule has 7 nitrogen and oxygen atoms in total. The molecule has 2 heterocycles. The zero-order valence-electron chi connectivity index (χ0n) is 17.0. The number of aromatic nitrogens is 4. The molecule has 158 valence electrons. The van der Waals surface area contributed by atoms with Crippen molar-refractivity contribution >= 4 is 11.6 Å². The summed E-state index contributed by atoms with van der Waals surface area (Å²) in [7, 11) is 0. The van der Waals surface area contributed by atoms with Crippen LogP contribution in [0, 0.1) is 5.82 Å². The second-order valence-electron chi connectivity index (χ2n) is 7.32. The molecule has 0 unspecified atom stereocenters. The van der Waals surface area contributed by atoms with Crippen molar-refractivity contribution in [2.75, 3.05) is 0 Å². The van der Waals surface area contributed by atoms with Crippen molar-refractivity contribution in [3.8, 4) is 5.69 Å². The van der Waals surface area contributed by atoms with E-state index in [1.807, 2.05) is 37.3 Å². The van der Waals surface area contributed by atoms with Crippen LogP contribution < -0.4 is 10.9 Å². The third kappa shape index (κ3) is 4.53. The van der Waals surface area contributed by atoms with Gasteiger partial charge < -0.3 is 5.32 Å². The van der Waals surface area contributed by atoms with Gasteiger partial charge in [0, 0.05) is 25.2 Å². The van der Waals surface area contributed by atoms with E-state index < -0.39 is 5.82 Å². The number of nitrogens with one attached hydrogen (secondary N) is 1. The topological polar surface area (TPSA) is 81.3 Å². The van der Waals surface area contributed by atoms with Gasteiger partial charge in [-0.05, 0) is 37.1 Å². The molecule has 0 bridgehead atoms. The van der Waals surface area contributed by atoms with E-state index in [4.69, 9.17) is 0 Å². The van der Waals surface area contributed by atoms with Gasteiger partial charge in [0.15, 0.2) is 0 Å². The third-order valence-electron chi connectivity index (χ3n) is 5.11. The Morgan fingerprint density at radius 3 is 2.68 bits per heavy atom. The Hall–Kier alpha value is -3.81. The van der Waals surface area contributed by atoms with Crippen molar-refractivity contribution < 1.29 is 9.18 Å². The van der Waals surface area contributed by atoms with Crippen molar-refractivity contribution in [1.82, 2.24) is 24.5 Å². The highest BCUT2D eigenvalue weighted by Gasteiger charge is 2.13.